The minimum Gasteiger partial charge on any atom is -0.303 e. The number of fused-ring (bicyclic) bond motifs is 4. The third-order valence-electron chi connectivity index (χ3n) is 6.19. The fourth-order valence-corrected chi connectivity index (χ4v) is 4.92. The fraction of sp³-hybridized carbons (Fsp3) is 0.115. The van der Waals surface area contributed by atoms with Crippen molar-refractivity contribution in [2.24, 2.45) is 7.05 Å². The molecule has 0 aliphatic carbocycles. The van der Waals surface area contributed by atoms with Crippen molar-refractivity contribution in [1.29, 1.82) is 0 Å². The lowest BCUT2D eigenvalue weighted by Crippen LogP contribution is -2.31. The molecule has 0 unspecified atom stereocenters. The van der Waals surface area contributed by atoms with Gasteiger partial charge in [0.1, 0.15) is 12.7 Å². The van der Waals surface area contributed by atoms with Crippen LogP contribution in [0, 0.1) is 13.8 Å². The van der Waals surface area contributed by atoms with Gasteiger partial charge in [0.05, 0.1) is 16.4 Å². The fourth-order valence-electron chi connectivity index (χ4n) is 4.92. The van der Waals surface area contributed by atoms with E-state index in [1.54, 1.807) is 0 Å². The van der Waals surface area contributed by atoms with Gasteiger partial charge in [-0.2, -0.15) is 4.57 Å². The molecule has 6 rings (SSSR count). The molecule has 0 radical (unpaired) electrons. The van der Waals surface area contributed by atoms with Crippen LogP contribution >= 0.6 is 0 Å². The van der Waals surface area contributed by atoms with Crippen LogP contribution in [0.15, 0.2) is 72.9 Å². The maximum absolute atomic E-state index is 2.48. The van der Waals surface area contributed by atoms with E-state index in [2.05, 4.69) is 103 Å². The van der Waals surface area contributed by atoms with Gasteiger partial charge >= 0.3 is 0 Å². The predicted molar refractivity (Wildman–Crippen MR) is 117 cm³/mol. The van der Waals surface area contributed by atoms with Gasteiger partial charge in [-0.1, -0.05) is 54.1 Å². The topological polar surface area (TPSA) is 8.29 Å². The van der Waals surface area contributed by atoms with Gasteiger partial charge < -0.3 is 4.40 Å². The first-order valence-corrected chi connectivity index (χ1v) is 9.78. The Morgan fingerprint density at radius 3 is 2.43 bits per heavy atom. The van der Waals surface area contributed by atoms with Crippen molar-refractivity contribution >= 4 is 38.0 Å². The lowest BCUT2D eigenvalue weighted by molar-refractivity contribution is -0.659. The summed E-state index contributed by atoms with van der Waals surface area (Å²) in [6, 6.07) is 24.4. The van der Waals surface area contributed by atoms with Gasteiger partial charge in [0.25, 0.3) is 0 Å². The normalized spacial score (nSPS) is 12.1. The molecule has 0 saturated carbocycles. The predicted octanol–water partition coefficient (Wildman–Crippen LogP) is 5.95. The van der Waals surface area contributed by atoms with E-state index in [0.717, 1.165) is 0 Å². The minimum atomic E-state index is 1.27. The number of hydrogen-bond donors (Lipinski definition) is 0. The number of aryl methyl sites for hydroxylation is 3. The number of hydrogen-bond acceptors (Lipinski definition) is 0. The largest absolute Gasteiger partial charge is 0.303 e. The summed E-state index contributed by atoms with van der Waals surface area (Å²) in [5.41, 5.74) is 7.82. The van der Waals surface area contributed by atoms with Crippen molar-refractivity contribution in [1.82, 2.24) is 4.40 Å². The van der Waals surface area contributed by atoms with Crippen LogP contribution in [-0.2, 0) is 7.05 Å². The Morgan fingerprint density at radius 1 is 0.750 bits per heavy atom. The molecule has 0 aliphatic rings. The third-order valence-corrected chi connectivity index (χ3v) is 6.19. The Hall–Kier alpha value is -3.39. The van der Waals surface area contributed by atoms with Crippen LogP contribution in [0.25, 0.3) is 49.4 Å². The minimum absolute atomic E-state index is 1.27. The molecular weight excluding hydrogens is 340 g/mol. The Kier molecular flexibility index (Phi) is 2.98. The van der Waals surface area contributed by atoms with E-state index in [0.29, 0.717) is 0 Å². The molecule has 2 heteroatoms. The lowest BCUT2D eigenvalue weighted by Gasteiger charge is -2.08. The first-order chi connectivity index (χ1) is 13.6. The van der Waals surface area contributed by atoms with Crippen LogP contribution in [0.3, 0.4) is 0 Å². The highest BCUT2D eigenvalue weighted by atomic mass is 15.0. The van der Waals surface area contributed by atoms with Crippen molar-refractivity contribution in [2.75, 3.05) is 0 Å². The van der Waals surface area contributed by atoms with Crippen molar-refractivity contribution < 1.29 is 4.57 Å². The van der Waals surface area contributed by atoms with Gasteiger partial charge in [0, 0.05) is 22.2 Å². The molecule has 3 aromatic carbocycles. The van der Waals surface area contributed by atoms with Crippen molar-refractivity contribution in [3.63, 3.8) is 0 Å². The van der Waals surface area contributed by atoms with E-state index < -0.39 is 0 Å². The maximum atomic E-state index is 2.48. The van der Waals surface area contributed by atoms with Gasteiger partial charge in [0.15, 0.2) is 6.20 Å². The van der Waals surface area contributed by atoms with Gasteiger partial charge in [-0.3, -0.25) is 0 Å². The Labute approximate surface area is 163 Å². The van der Waals surface area contributed by atoms with E-state index >= 15 is 0 Å². The van der Waals surface area contributed by atoms with E-state index in [-0.39, 0.29) is 0 Å². The first kappa shape index (κ1) is 15.6. The zero-order valence-corrected chi connectivity index (χ0v) is 16.3. The van der Waals surface area contributed by atoms with Crippen molar-refractivity contribution in [3.8, 4) is 11.4 Å². The molecule has 6 aromatic rings. The van der Waals surface area contributed by atoms with Gasteiger partial charge in [0.2, 0.25) is 5.69 Å². The van der Waals surface area contributed by atoms with Crippen LogP contribution in [-0.4, -0.2) is 4.40 Å². The highest BCUT2D eigenvalue weighted by Gasteiger charge is 2.26. The summed E-state index contributed by atoms with van der Waals surface area (Å²) in [4.78, 5) is 0. The molecule has 0 N–H and O–H groups in total. The standard InChI is InChI=1S/C26H21N2/c1-16-11-12-20-18(15-16)13-14-27(3)26(20)24-17(2)19-8-6-9-22-21-7-4-5-10-23(21)28(24)25(19)22/h4-15H,1-3H3/q+1. The van der Waals surface area contributed by atoms with Crippen LogP contribution in [0.5, 0.6) is 0 Å². The third kappa shape index (κ3) is 1.85. The number of benzene rings is 3. The molecule has 2 nitrogen and oxygen atoms in total. The van der Waals surface area contributed by atoms with Gasteiger partial charge in [-0.05, 0) is 36.9 Å². The van der Waals surface area contributed by atoms with Crippen molar-refractivity contribution in [3.05, 3.63) is 84.1 Å². The number of pyridine rings is 1. The van der Waals surface area contributed by atoms with E-state index in [9.17, 15) is 0 Å². The Balaban J connectivity index is 1.90. The summed E-state index contributed by atoms with van der Waals surface area (Å²) in [7, 11) is 2.15. The average Bonchev–Trinajstić information content (AvgIpc) is 3.19. The van der Waals surface area contributed by atoms with Crippen LogP contribution in [0.1, 0.15) is 11.1 Å². The van der Waals surface area contributed by atoms with E-state index in [1.807, 2.05) is 0 Å². The maximum Gasteiger partial charge on any atom is 0.237 e. The summed E-state index contributed by atoms with van der Waals surface area (Å²) in [6.07, 6.45) is 2.18. The summed E-state index contributed by atoms with van der Waals surface area (Å²) in [5.74, 6) is 0. The summed E-state index contributed by atoms with van der Waals surface area (Å²) >= 11 is 0. The molecule has 3 heterocycles. The molecule has 0 bridgehead atoms. The van der Waals surface area contributed by atoms with Crippen molar-refractivity contribution in [2.45, 2.75) is 13.8 Å². The summed E-state index contributed by atoms with van der Waals surface area (Å²) in [6.45, 7) is 4.42. The first-order valence-electron chi connectivity index (χ1n) is 9.78. The Morgan fingerprint density at radius 2 is 1.54 bits per heavy atom. The number of para-hydroxylation sites is 2. The zero-order chi connectivity index (χ0) is 19.0. The Bertz CT molecular complexity index is 1540. The van der Waals surface area contributed by atoms with Crippen LogP contribution in [0.2, 0.25) is 0 Å². The molecule has 28 heavy (non-hydrogen) atoms. The van der Waals surface area contributed by atoms with Gasteiger partial charge in [-0.25, -0.2) is 0 Å². The molecule has 3 aromatic heterocycles. The molecular formula is C26H21N2+. The highest BCUT2D eigenvalue weighted by Crippen LogP contribution is 2.41. The summed E-state index contributed by atoms with van der Waals surface area (Å²) in [5, 5.41) is 6.58. The second-order valence-electron chi connectivity index (χ2n) is 7.89. The second kappa shape index (κ2) is 5.32. The molecule has 134 valence electrons. The molecule has 0 spiro atoms. The number of rotatable bonds is 1. The zero-order valence-electron chi connectivity index (χ0n) is 16.3. The highest BCUT2D eigenvalue weighted by molar-refractivity contribution is 6.17. The lowest BCUT2D eigenvalue weighted by atomic mass is 10.0. The molecule has 0 atom stereocenters. The van der Waals surface area contributed by atoms with Gasteiger partial charge in [-0.15, -0.1) is 0 Å². The number of nitrogens with zero attached hydrogens (tertiary/aromatic N) is 2. The van der Waals surface area contributed by atoms with Crippen LogP contribution in [0.4, 0.5) is 0 Å². The molecule has 0 saturated heterocycles. The monoisotopic (exact) mass is 361 g/mol. The molecule has 0 amide bonds. The number of aromatic nitrogens is 2. The van der Waals surface area contributed by atoms with Crippen LogP contribution < -0.4 is 4.57 Å². The molecule has 0 fully saturated rings. The summed E-state index contributed by atoms with van der Waals surface area (Å²) < 4.78 is 4.74. The molecule has 0 aliphatic heterocycles. The average molecular weight is 361 g/mol. The smallest absolute Gasteiger partial charge is 0.237 e. The van der Waals surface area contributed by atoms with E-state index in [4.69, 9.17) is 0 Å². The van der Waals surface area contributed by atoms with E-state index in [1.165, 1.54) is 60.5 Å². The quantitative estimate of drug-likeness (QED) is 0.320. The second-order valence-corrected chi connectivity index (χ2v) is 7.89. The SMILES string of the molecule is Cc1ccc2c(-c3c(C)c4cccc5c6ccccc6n3c45)[n+](C)ccc2c1.